The van der Waals surface area contributed by atoms with Gasteiger partial charge in [0.05, 0.1) is 0 Å². The summed E-state index contributed by atoms with van der Waals surface area (Å²) in [4.78, 5) is 8.26. The largest absolute Gasteiger partial charge is 0.354 e. The maximum absolute atomic E-state index is 13.8. The highest BCUT2D eigenvalue weighted by Crippen LogP contribution is 2.27. The SMILES string of the molecule is CCNc1ncc(C)c(Nc2c(F)cc(Br)cc2F)n1. The number of benzene rings is 1. The molecule has 1 aromatic heterocycles. The van der Waals surface area contributed by atoms with Crippen molar-refractivity contribution in [3.05, 3.63) is 40.0 Å². The van der Waals surface area contributed by atoms with Gasteiger partial charge in [0.25, 0.3) is 0 Å². The lowest BCUT2D eigenvalue weighted by atomic mass is 10.2. The Morgan fingerprint density at radius 2 is 1.90 bits per heavy atom. The average molecular weight is 343 g/mol. The van der Waals surface area contributed by atoms with Gasteiger partial charge in [0, 0.05) is 22.8 Å². The number of aromatic nitrogens is 2. The number of hydrogen-bond donors (Lipinski definition) is 2. The predicted molar refractivity (Wildman–Crippen MR) is 78.3 cm³/mol. The van der Waals surface area contributed by atoms with Crippen LogP contribution in [0.4, 0.5) is 26.2 Å². The Morgan fingerprint density at radius 1 is 1.25 bits per heavy atom. The number of rotatable bonds is 4. The van der Waals surface area contributed by atoms with Gasteiger partial charge in [-0.3, -0.25) is 0 Å². The van der Waals surface area contributed by atoms with Crippen molar-refractivity contribution in [1.82, 2.24) is 9.97 Å². The van der Waals surface area contributed by atoms with E-state index in [1.165, 1.54) is 12.1 Å². The Hall–Kier alpha value is -1.76. The number of nitrogens with one attached hydrogen (secondary N) is 2. The summed E-state index contributed by atoms with van der Waals surface area (Å²) in [5, 5.41) is 5.61. The van der Waals surface area contributed by atoms with E-state index in [0.717, 1.165) is 0 Å². The number of nitrogens with zero attached hydrogens (tertiary/aromatic N) is 2. The quantitative estimate of drug-likeness (QED) is 0.881. The van der Waals surface area contributed by atoms with Crippen LogP contribution in [0.15, 0.2) is 22.8 Å². The highest BCUT2D eigenvalue weighted by atomic mass is 79.9. The summed E-state index contributed by atoms with van der Waals surface area (Å²) in [6.45, 7) is 4.32. The first-order chi connectivity index (χ1) is 9.51. The van der Waals surface area contributed by atoms with Gasteiger partial charge in [-0.05, 0) is 26.0 Å². The van der Waals surface area contributed by atoms with Gasteiger partial charge in [-0.15, -0.1) is 0 Å². The van der Waals surface area contributed by atoms with Gasteiger partial charge in [-0.2, -0.15) is 4.98 Å². The van der Waals surface area contributed by atoms with E-state index in [-0.39, 0.29) is 5.69 Å². The Morgan fingerprint density at radius 3 is 2.50 bits per heavy atom. The van der Waals surface area contributed by atoms with Crippen molar-refractivity contribution in [2.45, 2.75) is 13.8 Å². The normalized spacial score (nSPS) is 10.4. The van der Waals surface area contributed by atoms with E-state index in [2.05, 4.69) is 36.5 Å². The van der Waals surface area contributed by atoms with Crippen LogP contribution < -0.4 is 10.6 Å². The van der Waals surface area contributed by atoms with Gasteiger partial charge in [0.15, 0.2) is 11.6 Å². The molecule has 0 atom stereocenters. The Labute approximate surface area is 123 Å². The van der Waals surface area contributed by atoms with Crippen molar-refractivity contribution in [1.29, 1.82) is 0 Å². The second-order valence-corrected chi connectivity index (χ2v) is 5.04. The minimum atomic E-state index is -0.695. The zero-order chi connectivity index (χ0) is 14.7. The molecular weight excluding hydrogens is 330 g/mol. The molecule has 0 aliphatic heterocycles. The van der Waals surface area contributed by atoms with Gasteiger partial charge in [-0.25, -0.2) is 13.8 Å². The van der Waals surface area contributed by atoms with Crippen LogP contribution in [0, 0.1) is 18.6 Å². The van der Waals surface area contributed by atoms with Gasteiger partial charge >= 0.3 is 0 Å². The van der Waals surface area contributed by atoms with Crippen molar-refractivity contribution < 1.29 is 8.78 Å². The highest BCUT2D eigenvalue weighted by Gasteiger charge is 2.13. The molecule has 1 heterocycles. The van der Waals surface area contributed by atoms with Gasteiger partial charge in [-0.1, -0.05) is 15.9 Å². The van der Waals surface area contributed by atoms with Crippen LogP contribution in [0.3, 0.4) is 0 Å². The zero-order valence-electron chi connectivity index (χ0n) is 11.0. The van der Waals surface area contributed by atoms with Crippen molar-refractivity contribution in [2.75, 3.05) is 17.2 Å². The van der Waals surface area contributed by atoms with Crippen LogP contribution in [0.5, 0.6) is 0 Å². The lowest BCUT2D eigenvalue weighted by Gasteiger charge is -2.12. The summed E-state index contributed by atoms with van der Waals surface area (Å²) >= 11 is 3.04. The monoisotopic (exact) mass is 342 g/mol. The molecule has 2 N–H and O–H groups in total. The number of aryl methyl sites for hydroxylation is 1. The van der Waals surface area contributed by atoms with Crippen LogP contribution in [0.1, 0.15) is 12.5 Å². The molecule has 0 unspecified atom stereocenters. The van der Waals surface area contributed by atoms with E-state index in [9.17, 15) is 8.78 Å². The molecular formula is C13H13BrF2N4. The number of hydrogen-bond acceptors (Lipinski definition) is 4. The molecule has 2 aromatic rings. The molecule has 0 fully saturated rings. The smallest absolute Gasteiger partial charge is 0.224 e. The van der Waals surface area contributed by atoms with E-state index in [1.807, 2.05) is 6.92 Å². The Kier molecular flexibility index (Phi) is 4.49. The minimum absolute atomic E-state index is 0.238. The van der Waals surface area contributed by atoms with Crippen LogP contribution in [-0.2, 0) is 0 Å². The third-order valence-electron chi connectivity index (χ3n) is 2.56. The first-order valence-corrected chi connectivity index (χ1v) is 6.79. The number of anilines is 3. The summed E-state index contributed by atoms with van der Waals surface area (Å²) in [5.74, 6) is -0.630. The molecule has 20 heavy (non-hydrogen) atoms. The van der Waals surface area contributed by atoms with Gasteiger partial charge in [0.2, 0.25) is 5.95 Å². The Balaban J connectivity index is 2.37. The van der Waals surface area contributed by atoms with Crippen LogP contribution >= 0.6 is 15.9 Å². The predicted octanol–water partition coefficient (Wildman–Crippen LogP) is 4.00. The van der Waals surface area contributed by atoms with E-state index in [0.29, 0.717) is 28.3 Å². The third kappa shape index (κ3) is 3.22. The molecule has 0 bridgehead atoms. The van der Waals surface area contributed by atoms with E-state index < -0.39 is 11.6 Å². The molecule has 0 saturated carbocycles. The molecule has 0 aliphatic carbocycles. The first kappa shape index (κ1) is 14.6. The topological polar surface area (TPSA) is 49.8 Å². The van der Waals surface area contributed by atoms with Crippen LogP contribution in [-0.4, -0.2) is 16.5 Å². The molecule has 1 aromatic carbocycles. The molecule has 7 heteroatoms. The third-order valence-corrected chi connectivity index (χ3v) is 3.01. The fourth-order valence-corrected chi connectivity index (χ4v) is 1.99. The molecule has 106 valence electrons. The van der Waals surface area contributed by atoms with Crippen molar-refractivity contribution in [3.63, 3.8) is 0 Å². The second kappa shape index (κ2) is 6.13. The van der Waals surface area contributed by atoms with Crippen LogP contribution in [0.25, 0.3) is 0 Å². The second-order valence-electron chi connectivity index (χ2n) is 4.12. The van der Waals surface area contributed by atoms with Gasteiger partial charge in [0.1, 0.15) is 11.5 Å². The number of halogens is 3. The van der Waals surface area contributed by atoms with Crippen LogP contribution in [0.2, 0.25) is 0 Å². The molecule has 0 radical (unpaired) electrons. The molecule has 2 rings (SSSR count). The summed E-state index contributed by atoms with van der Waals surface area (Å²) in [5.41, 5.74) is 0.450. The summed E-state index contributed by atoms with van der Waals surface area (Å²) < 4.78 is 27.9. The van der Waals surface area contributed by atoms with E-state index >= 15 is 0 Å². The fourth-order valence-electron chi connectivity index (χ4n) is 1.59. The lowest BCUT2D eigenvalue weighted by Crippen LogP contribution is -2.07. The maximum atomic E-state index is 13.8. The zero-order valence-corrected chi connectivity index (χ0v) is 12.6. The Bertz CT molecular complexity index is 611. The molecule has 0 amide bonds. The lowest BCUT2D eigenvalue weighted by molar-refractivity contribution is 0.589. The van der Waals surface area contributed by atoms with Crippen molar-refractivity contribution in [2.24, 2.45) is 0 Å². The highest BCUT2D eigenvalue weighted by molar-refractivity contribution is 9.10. The molecule has 0 aliphatic rings. The van der Waals surface area contributed by atoms with Crippen molar-refractivity contribution >= 4 is 33.4 Å². The van der Waals surface area contributed by atoms with E-state index in [4.69, 9.17) is 0 Å². The summed E-state index contributed by atoms with van der Waals surface area (Å²) in [6, 6.07) is 2.38. The molecule has 0 spiro atoms. The fraction of sp³-hybridized carbons (Fsp3) is 0.231. The summed E-state index contributed by atoms with van der Waals surface area (Å²) in [6.07, 6.45) is 1.59. The average Bonchev–Trinajstić information content (AvgIpc) is 2.37. The van der Waals surface area contributed by atoms with E-state index in [1.54, 1.807) is 13.1 Å². The first-order valence-electron chi connectivity index (χ1n) is 6.00. The van der Waals surface area contributed by atoms with Gasteiger partial charge < -0.3 is 10.6 Å². The minimum Gasteiger partial charge on any atom is -0.354 e. The maximum Gasteiger partial charge on any atom is 0.224 e. The standard InChI is InChI=1S/C13H13BrF2N4/c1-3-17-13-18-6-7(2)12(20-13)19-11-9(15)4-8(14)5-10(11)16/h4-6H,3H2,1-2H3,(H2,17,18,19,20). The van der Waals surface area contributed by atoms with Crippen molar-refractivity contribution in [3.8, 4) is 0 Å². The molecule has 4 nitrogen and oxygen atoms in total. The molecule has 0 saturated heterocycles. The summed E-state index contributed by atoms with van der Waals surface area (Å²) in [7, 11) is 0.